The van der Waals surface area contributed by atoms with Crippen LogP contribution in [0.5, 0.6) is 5.88 Å². The van der Waals surface area contributed by atoms with Crippen molar-refractivity contribution < 1.29 is 33.5 Å². The number of aliphatic hydroxyl groups is 1. The largest absolute Gasteiger partial charge is 0.491 e. The fourth-order valence-corrected chi connectivity index (χ4v) is 3.27. The first-order chi connectivity index (χ1) is 16.6. The quantitative estimate of drug-likeness (QED) is 0.282. The molecule has 0 saturated carbocycles. The molecule has 0 radical (unpaired) electrons. The fourth-order valence-electron chi connectivity index (χ4n) is 3.08. The van der Waals surface area contributed by atoms with Gasteiger partial charge in [0.05, 0.1) is 19.2 Å². The lowest BCUT2D eigenvalue weighted by Gasteiger charge is -2.25. The van der Waals surface area contributed by atoms with Crippen LogP contribution in [0, 0.1) is 11.7 Å². The molecule has 3 aromatic rings. The maximum absolute atomic E-state index is 15.0. The summed E-state index contributed by atoms with van der Waals surface area (Å²) >= 11 is 6.02. The van der Waals surface area contributed by atoms with E-state index in [2.05, 4.69) is 10.6 Å². The molecule has 1 amide bonds. The Balaban J connectivity index is 1.78. The average Bonchev–Trinajstić information content (AvgIpc) is 3.25. The smallest absolute Gasteiger partial charge is 0.336 e. The Bertz CT molecular complexity index is 1190. The van der Waals surface area contributed by atoms with E-state index in [1.54, 1.807) is 30.3 Å². The molecule has 0 aliphatic carbocycles. The first-order valence-corrected chi connectivity index (χ1v) is 11.1. The van der Waals surface area contributed by atoms with Gasteiger partial charge in [-0.2, -0.15) is 0 Å². The number of esters is 1. The summed E-state index contributed by atoms with van der Waals surface area (Å²) in [7, 11) is 0. The number of benzene rings is 2. The Morgan fingerprint density at radius 2 is 1.94 bits per heavy atom. The van der Waals surface area contributed by atoms with E-state index < -0.39 is 36.2 Å². The molecule has 3 rings (SSSR count). The number of ether oxygens (including phenoxy) is 1. The van der Waals surface area contributed by atoms with Gasteiger partial charge in [0.25, 0.3) is 5.88 Å². The first kappa shape index (κ1) is 26.1. The monoisotopic (exact) mass is 505 g/mol. The standard InChI is InChI=1S/C24H25ClFN3O6/c1-14(2)13-34-24(33)20(30)12-29(27-23(32)21-10-22(31)28-35-21)11-17-7-6-16(9-19(17)26)15-4-3-5-18(25)8-15/h3-10,14,20,30H,11-13H2,1-2H3,(H,27,32)(H,28,31). The summed E-state index contributed by atoms with van der Waals surface area (Å²) in [5.41, 5.74) is 3.92. The van der Waals surface area contributed by atoms with E-state index in [9.17, 15) is 24.2 Å². The SMILES string of the molecule is CC(C)COC(=O)C(O)CN(Cc1ccc(-c2cccc(Cl)c2)cc1F)NC(=O)c1cc(O)no1. The van der Waals surface area contributed by atoms with Gasteiger partial charge in [0.2, 0.25) is 5.76 Å². The third-order valence-corrected chi connectivity index (χ3v) is 5.01. The van der Waals surface area contributed by atoms with Gasteiger partial charge in [-0.15, -0.1) is 0 Å². The van der Waals surface area contributed by atoms with Gasteiger partial charge in [0.15, 0.2) is 6.10 Å². The summed E-state index contributed by atoms with van der Waals surface area (Å²) in [6.07, 6.45) is -1.62. The van der Waals surface area contributed by atoms with E-state index in [1.165, 1.54) is 12.1 Å². The van der Waals surface area contributed by atoms with E-state index in [1.807, 2.05) is 13.8 Å². The van der Waals surface area contributed by atoms with Crippen LogP contribution in [-0.4, -0.2) is 51.5 Å². The highest BCUT2D eigenvalue weighted by molar-refractivity contribution is 6.30. The Labute approximate surface area is 206 Å². The molecular formula is C24H25ClFN3O6. The molecule has 1 unspecified atom stereocenters. The number of hydrazine groups is 1. The first-order valence-electron chi connectivity index (χ1n) is 10.7. The number of carbonyl (C=O) groups is 2. The van der Waals surface area contributed by atoms with E-state index >= 15 is 0 Å². The normalized spacial score (nSPS) is 12.1. The van der Waals surface area contributed by atoms with Crippen molar-refractivity contribution in [1.29, 1.82) is 0 Å². The lowest BCUT2D eigenvalue weighted by Crippen LogP contribution is -2.47. The van der Waals surface area contributed by atoms with Gasteiger partial charge in [-0.05, 0) is 40.4 Å². The van der Waals surface area contributed by atoms with Crippen molar-refractivity contribution in [2.24, 2.45) is 5.92 Å². The number of carbonyl (C=O) groups excluding carboxylic acids is 2. The molecule has 2 aromatic carbocycles. The summed E-state index contributed by atoms with van der Waals surface area (Å²) in [4.78, 5) is 24.6. The third kappa shape index (κ3) is 7.51. The van der Waals surface area contributed by atoms with Crippen molar-refractivity contribution in [1.82, 2.24) is 15.6 Å². The van der Waals surface area contributed by atoms with Crippen LogP contribution in [0.25, 0.3) is 11.1 Å². The molecule has 1 atom stereocenters. The maximum atomic E-state index is 15.0. The molecule has 0 aliphatic heterocycles. The zero-order valence-corrected chi connectivity index (χ0v) is 19.8. The molecular weight excluding hydrogens is 481 g/mol. The van der Waals surface area contributed by atoms with E-state index in [4.69, 9.17) is 20.9 Å². The van der Waals surface area contributed by atoms with Crippen LogP contribution in [0.15, 0.2) is 53.1 Å². The van der Waals surface area contributed by atoms with Crippen LogP contribution >= 0.6 is 11.6 Å². The molecule has 3 N–H and O–H groups in total. The van der Waals surface area contributed by atoms with Crippen molar-refractivity contribution in [3.05, 3.63) is 70.7 Å². The number of hydrogen-bond donors (Lipinski definition) is 3. The zero-order valence-electron chi connectivity index (χ0n) is 19.1. The van der Waals surface area contributed by atoms with Gasteiger partial charge in [0, 0.05) is 17.1 Å². The molecule has 35 heavy (non-hydrogen) atoms. The molecule has 9 nitrogen and oxygen atoms in total. The highest BCUT2D eigenvalue weighted by Gasteiger charge is 2.24. The van der Waals surface area contributed by atoms with Crippen molar-refractivity contribution >= 4 is 23.5 Å². The predicted molar refractivity (Wildman–Crippen MR) is 125 cm³/mol. The number of nitrogens with one attached hydrogen (secondary N) is 1. The number of aromatic nitrogens is 1. The fraction of sp³-hybridized carbons (Fsp3) is 0.292. The third-order valence-electron chi connectivity index (χ3n) is 4.78. The molecule has 0 fully saturated rings. The number of rotatable bonds is 10. The van der Waals surface area contributed by atoms with Gasteiger partial charge in [-0.3, -0.25) is 10.2 Å². The average molecular weight is 506 g/mol. The molecule has 186 valence electrons. The van der Waals surface area contributed by atoms with Gasteiger partial charge >= 0.3 is 11.9 Å². The topological polar surface area (TPSA) is 125 Å². The second-order valence-corrected chi connectivity index (χ2v) is 8.66. The minimum atomic E-state index is -1.62. The Hall–Kier alpha value is -3.47. The summed E-state index contributed by atoms with van der Waals surface area (Å²) in [6, 6.07) is 12.5. The van der Waals surface area contributed by atoms with Gasteiger partial charge in [-0.25, -0.2) is 14.2 Å². The van der Waals surface area contributed by atoms with Crippen molar-refractivity contribution in [2.75, 3.05) is 13.2 Å². The lowest BCUT2D eigenvalue weighted by atomic mass is 10.0. The summed E-state index contributed by atoms with van der Waals surface area (Å²) in [5.74, 6) is -3.03. The van der Waals surface area contributed by atoms with Crippen LogP contribution in [0.2, 0.25) is 5.02 Å². The van der Waals surface area contributed by atoms with Crippen molar-refractivity contribution in [3.8, 4) is 17.0 Å². The summed E-state index contributed by atoms with van der Waals surface area (Å²) in [6.45, 7) is 3.18. The minimum Gasteiger partial charge on any atom is -0.491 e. The number of aromatic hydroxyl groups is 1. The number of aliphatic hydroxyl groups excluding tert-OH is 1. The van der Waals surface area contributed by atoms with Gasteiger partial charge in [-0.1, -0.05) is 49.7 Å². The Morgan fingerprint density at radius 1 is 1.20 bits per heavy atom. The lowest BCUT2D eigenvalue weighted by molar-refractivity contribution is -0.156. The van der Waals surface area contributed by atoms with Crippen LogP contribution < -0.4 is 5.43 Å². The molecule has 0 spiro atoms. The molecule has 11 heteroatoms. The molecule has 0 bridgehead atoms. The van der Waals surface area contributed by atoms with Crippen LogP contribution in [-0.2, 0) is 16.1 Å². The number of nitrogens with zero attached hydrogens (tertiary/aromatic N) is 2. The number of hydrogen-bond acceptors (Lipinski definition) is 8. The predicted octanol–water partition coefficient (Wildman–Crippen LogP) is 3.55. The van der Waals surface area contributed by atoms with Crippen LogP contribution in [0.4, 0.5) is 4.39 Å². The molecule has 1 heterocycles. The zero-order chi connectivity index (χ0) is 25.5. The molecule has 0 aliphatic rings. The van der Waals surface area contributed by atoms with E-state index in [0.717, 1.165) is 16.6 Å². The van der Waals surface area contributed by atoms with E-state index in [0.29, 0.717) is 10.6 Å². The molecule has 0 saturated heterocycles. The second kappa shape index (κ2) is 11.8. The number of halogens is 2. The Morgan fingerprint density at radius 3 is 2.57 bits per heavy atom. The van der Waals surface area contributed by atoms with Crippen LogP contribution in [0.3, 0.4) is 0 Å². The Kier molecular flexibility index (Phi) is 8.80. The second-order valence-electron chi connectivity index (χ2n) is 8.23. The molecule has 1 aromatic heterocycles. The highest BCUT2D eigenvalue weighted by Crippen LogP contribution is 2.25. The van der Waals surface area contributed by atoms with E-state index in [-0.39, 0.29) is 30.4 Å². The summed E-state index contributed by atoms with van der Waals surface area (Å²) in [5, 5.41) is 24.5. The minimum absolute atomic E-state index is 0.0631. The summed E-state index contributed by atoms with van der Waals surface area (Å²) < 4.78 is 24.7. The number of amides is 1. The van der Waals surface area contributed by atoms with Gasteiger partial charge < -0.3 is 19.5 Å². The highest BCUT2D eigenvalue weighted by atomic mass is 35.5. The maximum Gasteiger partial charge on any atom is 0.336 e. The van der Waals surface area contributed by atoms with Crippen molar-refractivity contribution in [3.63, 3.8) is 0 Å². The van der Waals surface area contributed by atoms with Crippen LogP contribution in [0.1, 0.15) is 30.0 Å². The van der Waals surface area contributed by atoms with Gasteiger partial charge in [0.1, 0.15) is 5.82 Å². The van der Waals surface area contributed by atoms with Crippen molar-refractivity contribution in [2.45, 2.75) is 26.5 Å².